The largest absolute Gasteiger partial charge is 0.489 e. The number of hydrogen-bond acceptors (Lipinski definition) is 6. The Morgan fingerprint density at radius 3 is 2.81 bits per heavy atom. The summed E-state index contributed by atoms with van der Waals surface area (Å²) in [6, 6.07) is 7.14. The average molecular weight is 422 g/mol. The average Bonchev–Trinajstić information content (AvgIpc) is 3.11. The number of carbonyl (C=O) groups is 2. The zero-order valence-electron chi connectivity index (χ0n) is 18.3. The first-order valence-corrected chi connectivity index (χ1v) is 10.1. The van der Waals surface area contributed by atoms with Gasteiger partial charge in [0.05, 0.1) is 23.5 Å². The van der Waals surface area contributed by atoms with Crippen LogP contribution in [-0.2, 0) is 4.79 Å². The first-order valence-electron chi connectivity index (χ1n) is 10.1. The van der Waals surface area contributed by atoms with E-state index in [9.17, 15) is 9.59 Å². The van der Waals surface area contributed by atoms with Crippen molar-refractivity contribution >= 4 is 34.4 Å². The molecule has 0 spiro atoms. The monoisotopic (exact) mass is 422 g/mol. The molecule has 0 radical (unpaired) electrons. The highest BCUT2D eigenvalue weighted by molar-refractivity contribution is 6.00. The van der Waals surface area contributed by atoms with Crippen molar-refractivity contribution in [2.45, 2.75) is 26.3 Å². The number of fused-ring (bicyclic) bond motifs is 2. The van der Waals surface area contributed by atoms with Gasteiger partial charge in [0.2, 0.25) is 5.91 Å². The minimum absolute atomic E-state index is 0.0827. The number of aromatic nitrogens is 3. The van der Waals surface area contributed by atoms with Crippen molar-refractivity contribution in [3.8, 4) is 5.75 Å². The van der Waals surface area contributed by atoms with Crippen molar-refractivity contribution in [3.63, 3.8) is 0 Å². The first-order chi connectivity index (χ1) is 14.7. The molecule has 9 nitrogen and oxygen atoms in total. The number of likely N-dealkylation sites (N-methyl/N-ethyl adjacent to an activating group) is 1. The Morgan fingerprint density at radius 2 is 2.06 bits per heavy atom. The number of nitrogens with one attached hydrogen (secondary N) is 2. The zero-order valence-corrected chi connectivity index (χ0v) is 18.3. The Labute approximate surface area is 180 Å². The van der Waals surface area contributed by atoms with Crippen LogP contribution in [0.3, 0.4) is 0 Å². The molecule has 1 aromatic carbocycles. The van der Waals surface area contributed by atoms with Crippen molar-refractivity contribution in [3.05, 3.63) is 41.1 Å². The van der Waals surface area contributed by atoms with Gasteiger partial charge in [-0.1, -0.05) is 0 Å². The van der Waals surface area contributed by atoms with E-state index in [2.05, 4.69) is 20.5 Å². The highest BCUT2D eigenvalue weighted by atomic mass is 16.5. The lowest BCUT2D eigenvalue weighted by Crippen LogP contribution is -2.42. The van der Waals surface area contributed by atoms with Crippen LogP contribution in [0.25, 0.3) is 11.0 Å². The number of carbonyl (C=O) groups excluding carboxylic acids is 2. The van der Waals surface area contributed by atoms with Crippen LogP contribution in [0.1, 0.15) is 28.0 Å². The number of H-pyrrole nitrogens is 1. The molecule has 0 aliphatic carbocycles. The molecule has 1 aliphatic heterocycles. The lowest BCUT2D eigenvalue weighted by molar-refractivity contribution is -0.116. The smallest absolute Gasteiger partial charge is 0.253 e. The number of anilines is 2. The molecule has 0 bridgehead atoms. The van der Waals surface area contributed by atoms with Crippen LogP contribution in [0, 0.1) is 13.8 Å². The predicted octanol–water partition coefficient (Wildman–Crippen LogP) is 2.50. The predicted molar refractivity (Wildman–Crippen MR) is 119 cm³/mol. The van der Waals surface area contributed by atoms with Gasteiger partial charge in [0, 0.05) is 32.4 Å². The number of pyridine rings is 1. The Bertz CT molecular complexity index is 1170. The van der Waals surface area contributed by atoms with Gasteiger partial charge >= 0.3 is 0 Å². The van der Waals surface area contributed by atoms with E-state index >= 15 is 0 Å². The molecule has 2 aromatic heterocycles. The van der Waals surface area contributed by atoms with E-state index in [4.69, 9.17) is 4.74 Å². The lowest BCUT2D eigenvalue weighted by atomic mass is 10.1. The SMILES string of the molecule is Cc1cc(C)c2c(NC(=O)CC3COc4ccc(C(=O)N(C)C)cc4N3C)n[nH]c2n1. The lowest BCUT2D eigenvalue weighted by Gasteiger charge is -2.35. The maximum Gasteiger partial charge on any atom is 0.253 e. The maximum absolute atomic E-state index is 12.8. The molecule has 2 amide bonds. The van der Waals surface area contributed by atoms with E-state index in [-0.39, 0.29) is 24.3 Å². The van der Waals surface area contributed by atoms with Crippen LogP contribution >= 0.6 is 0 Å². The summed E-state index contributed by atoms with van der Waals surface area (Å²) in [4.78, 5) is 33.1. The van der Waals surface area contributed by atoms with E-state index < -0.39 is 0 Å². The zero-order chi connectivity index (χ0) is 22.3. The van der Waals surface area contributed by atoms with Gasteiger partial charge in [-0.05, 0) is 43.7 Å². The van der Waals surface area contributed by atoms with Gasteiger partial charge in [-0.25, -0.2) is 4.98 Å². The minimum atomic E-state index is -0.177. The Hall–Kier alpha value is -3.62. The fraction of sp³-hybridized carbons (Fsp3) is 0.364. The molecule has 1 aliphatic rings. The third-order valence-electron chi connectivity index (χ3n) is 5.50. The molecule has 4 rings (SSSR count). The number of benzene rings is 1. The second-order valence-corrected chi connectivity index (χ2v) is 8.09. The Balaban J connectivity index is 1.50. The topological polar surface area (TPSA) is 103 Å². The molecule has 0 saturated carbocycles. The summed E-state index contributed by atoms with van der Waals surface area (Å²) >= 11 is 0. The molecule has 1 unspecified atom stereocenters. The molecule has 0 fully saturated rings. The number of nitrogens with zero attached hydrogens (tertiary/aromatic N) is 4. The molecule has 3 aromatic rings. The second-order valence-electron chi connectivity index (χ2n) is 8.09. The van der Waals surface area contributed by atoms with Crippen LogP contribution in [0.4, 0.5) is 11.5 Å². The summed E-state index contributed by atoms with van der Waals surface area (Å²) in [6.45, 7) is 4.26. The number of aryl methyl sites for hydroxylation is 2. The molecule has 9 heteroatoms. The number of hydrogen-bond donors (Lipinski definition) is 2. The van der Waals surface area contributed by atoms with Gasteiger partial charge in [0.15, 0.2) is 11.5 Å². The molecule has 31 heavy (non-hydrogen) atoms. The fourth-order valence-electron chi connectivity index (χ4n) is 3.87. The van der Waals surface area contributed by atoms with E-state index in [0.29, 0.717) is 29.4 Å². The van der Waals surface area contributed by atoms with Gasteiger partial charge in [-0.2, -0.15) is 5.10 Å². The molecule has 2 N–H and O–H groups in total. The summed E-state index contributed by atoms with van der Waals surface area (Å²) in [5.41, 5.74) is 3.90. The number of amides is 2. The summed E-state index contributed by atoms with van der Waals surface area (Å²) in [5.74, 6) is 0.923. The summed E-state index contributed by atoms with van der Waals surface area (Å²) in [6.07, 6.45) is 0.217. The van der Waals surface area contributed by atoms with Gasteiger partial charge < -0.3 is 19.9 Å². The van der Waals surface area contributed by atoms with E-state index in [1.807, 2.05) is 31.9 Å². The van der Waals surface area contributed by atoms with Crippen LogP contribution in [0.2, 0.25) is 0 Å². The molecular formula is C22H26N6O3. The van der Waals surface area contributed by atoms with Crippen molar-refractivity contribution in [1.82, 2.24) is 20.1 Å². The molecule has 3 heterocycles. The highest BCUT2D eigenvalue weighted by Gasteiger charge is 2.28. The van der Waals surface area contributed by atoms with Crippen LogP contribution in [0.5, 0.6) is 5.75 Å². The maximum atomic E-state index is 12.8. The first kappa shape index (κ1) is 20.6. The quantitative estimate of drug-likeness (QED) is 0.670. The van der Waals surface area contributed by atoms with Crippen molar-refractivity contribution in [2.75, 3.05) is 38.0 Å². The van der Waals surface area contributed by atoms with Crippen molar-refractivity contribution < 1.29 is 14.3 Å². The van der Waals surface area contributed by atoms with Crippen LogP contribution in [-0.4, -0.2) is 65.7 Å². The minimum Gasteiger partial charge on any atom is -0.489 e. The number of ether oxygens (including phenoxy) is 1. The molecule has 1 atom stereocenters. The Morgan fingerprint density at radius 1 is 1.29 bits per heavy atom. The van der Waals surface area contributed by atoms with Crippen LogP contribution < -0.4 is 15.0 Å². The molecule has 0 saturated heterocycles. The molecule has 162 valence electrons. The van der Waals surface area contributed by atoms with E-state index in [0.717, 1.165) is 22.3 Å². The Kier molecular flexibility index (Phi) is 5.26. The normalized spacial score (nSPS) is 15.4. The van der Waals surface area contributed by atoms with Crippen molar-refractivity contribution in [2.24, 2.45) is 0 Å². The van der Waals surface area contributed by atoms with E-state index in [1.54, 1.807) is 32.3 Å². The van der Waals surface area contributed by atoms with Gasteiger partial charge in [-0.3, -0.25) is 14.7 Å². The van der Waals surface area contributed by atoms with Gasteiger partial charge in [0.25, 0.3) is 5.91 Å². The fourth-order valence-corrected chi connectivity index (χ4v) is 3.87. The highest BCUT2D eigenvalue weighted by Crippen LogP contribution is 2.35. The standard InChI is InChI=1S/C22H26N6O3/c1-12-8-13(2)23-20-19(12)21(26-25-20)24-18(29)10-15-11-31-17-7-6-14(22(30)27(3)4)9-16(17)28(15)5/h6-9,15H,10-11H2,1-5H3,(H2,23,24,25,26,29). The third-order valence-corrected chi connectivity index (χ3v) is 5.50. The van der Waals surface area contributed by atoms with Crippen LogP contribution in [0.15, 0.2) is 24.3 Å². The summed E-state index contributed by atoms with van der Waals surface area (Å²) < 4.78 is 5.86. The number of aromatic amines is 1. The summed E-state index contributed by atoms with van der Waals surface area (Å²) in [5, 5.41) is 10.8. The third kappa shape index (κ3) is 3.90. The second kappa shape index (κ2) is 7.90. The van der Waals surface area contributed by atoms with Gasteiger partial charge in [0.1, 0.15) is 12.4 Å². The van der Waals surface area contributed by atoms with Crippen molar-refractivity contribution in [1.29, 1.82) is 0 Å². The van der Waals surface area contributed by atoms with E-state index in [1.165, 1.54) is 4.90 Å². The summed E-state index contributed by atoms with van der Waals surface area (Å²) in [7, 11) is 5.34. The molecular weight excluding hydrogens is 396 g/mol. The van der Waals surface area contributed by atoms with Gasteiger partial charge in [-0.15, -0.1) is 0 Å². The number of rotatable bonds is 4.